The summed E-state index contributed by atoms with van der Waals surface area (Å²) in [5, 5.41) is 7.23. The molecule has 0 bridgehead atoms. The van der Waals surface area contributed by atoms with Crippen molar-refractivity contribution >= 4 is 0 Å². The van der Waals surface area contributed by atoms with Crippen LogP contribution in [0.2, 0.25) is 0 Å². The van der Waals surface area contributed by atoms with Crippen molar-refractivity contribution in [1.82, 2.24) is 20.4 Å². The molecule has 5 heteroatoms. The van der Waals surface area contributed by atoms with Gasteiger partial charge in [0, 0.05) is 24.9 Å². The van der Waals surface area contributed by atoms with Crippen LogP contribution in [0.4, 0.5) is 0 Å². The third kappa shape index (κ3) is 4.28. The van der Waals surface area contributed by atoms with E-state index in [1.165, 1.54) is 25.8 Å². The number of likely N-dealkylation sites (tertiary alicyclic amines) is 1. The number of hydrogen-bond donors (Lipinski definition) is 1. The average molecular weight is 280 g/mol. The number of nitrogens with zero attached hydrogens (tertiary/aromatic N) is 3. The Balaban J connectivity index is 1.88. The summed E-state index contributed by atoms with van der Waals surface area (Å²) in [7, 11) is 1.96. The van der Waals surface area contributed by atoms with Crippen LogP contribution in [0.3, 0.4) is 0 Å². The Morgan fingerprint density at radius 2 is 2.25 bits per heavy atom. The summed E-state index contributed by atoms with van der Waals surface area (Å²) in [6.45, 7) is 6.74. The molecule has 1 atom stereocenters. The molecule has 1 unspecified atom stereocenters. The Morgan fingerprint density at radius 3 is 3.00 bits per heavy atom. The smallest absolute Gasteiger partial charge is 0.228 e. The minimum absolute atomic E-state index is 0.564. The standard InChI is InChI=1S/C15H28N4O/c1-12(2)19-10-5-4-7-13(19)11-15-17-14(18-20-15)8-6-9-16-3/h12-13,16H,4-11H2,1-3H3. The minimum Gasteiger partial charge on any atom is -0.339 e. The first kappa shape index (κ1) is 15.4. The molecule has 1 saturated heterocycles. The molecule has 1 aromatic heterocycles. The summed E-state index contributed by atoms with van der Waals surface area (Å²) in [5.74, 6) is 1.66. The van der Waals surface area contributed by atoms with E-state index in [-0.39, 0.29) is 0 Å². The summed E-state index contributed by atoms with van der Waals surface area (Å²) < 4.78 is 5.42. The summed E-state index contributed by atoms with van der Waals surface area (Å²) in [6, 6.07) is 1.16. The Kier molecular flexibility index (Phi) is 5.98. The lowest BCUT2D eigenvalue weighted by molar-refractivity contribution is 0.105. The number of aryl methyl sites for hydroxylation is 1. The summed E-state index contributed by atoms with van der Waals surface area (Å²) in [5.41, 5.74) is 0. The average Bonchev–Trinajstić information content (AvgIpc) is 2.87. The number of hydrogen-bond acceptors (Lipinski definition) is 5. The van der Waals surface area contributed by atoms with Gasteiger partial charge < -0.3 is 9.84 Å². The zero-order valence-corrected chi connectivity index (χ0v) is 13.1. The maximum Gasteiger partial charge on any atom is 0.228 e. The van der Waals surface area contributed by atoms with Gasteiger partial charge in [-0.05, 0) is 53.2 Å². The maximum atomic E-state index is 5.42. The van der Waals surface area contributed by atoms with E-state index in [1.807, 2.05) is 7.05 Å². The number of rotatable bonds is 7. The van der Waals surface area contributed by atoms with E-state index in [2.05, 4.69) is 34.2 Å². The van der Waals surface area contributed by atoms with Gasteiger partial charge in [-0.3, -0.25) is 4.90 Å². The number of aromatic nitrogens is 2. The second-order valence-electron chi connectivity index (χ2n) is 6.00. The van der Waals surface area contributed by atoms with E-state index < -0.39 is 0 Å². The van der Waals surface area contributed by atoms with E-state index in [4.69, 9.17) is 4.52 Å². The van der Waals surface area contributed by atoms with Gasteiger partial charge in [-0.15, -0.1) is 0 Å². The number of nitrogens with one attached hydrogen (secondary N) is 1. The van der Waals surface area contributed by atoms with Crippen LogP contribution in [0, 0.1) is 0 Å². The molecule has 20 heavy (non-hydrogen) atoms. The topological polar surface area (TPSA) is 54.2 Å². The quantitative estimate of drug-likeness (QED) is 0.775. The van der Waals surface area contributed by atoms with Crippen LogP contribution in [0.1, 0.15) is 51.2 Å². The lowest BCUT2D eigenvalue weighted by Crippen LogP contribution is -2.45. The third-order valence-corrected chi connectivity index (χ3v) is 4.08. The predicted octanol–water partition coefficient (Wildman–Crippen LogP) is 2.03. The minimum atomic E-state index is 0.564. The van der Waals surface area contributed by atoms with Gasteiger partial charge >= 0.3 is 0 Å². The van der Waals surface area contributed by atoms with Crippen molar-refractivity contribution in [2.24, 2.45) is 0 Å². The molecule has 2 heterocycles. The van der Waals surface area contributed by atoms with E-state index in [9.17, 15) is 0 Å². The number of piperidine rings is 1. The molecule has 2 rings (SSSR count). The molecule has 1 aromatic rings. The van der Waals surface area contributed by atoms with Crippen LogP contribution in [0.15, 0.2) is 4.52 Å². The highest BCUT2D eigenvalue weighted by Gasteiger charge is 2.26. The molecular formula is C15H28N4O. The van der Waals surface area contributed by atoms with Crippen molar-refractivity contribution in [3.8, 4) is 0 Å². The van der Waals surface area contributed by atoms with Crippen molar-refractivity contribution < 1.29 is 4.52 Å². The van der Waals surface area contributed by atoms with Gasteiger partial charge in [0.1, 0.15) is 0 Å². The zero-order chi connectivity index (χ0) is 14.4. The molecule has 5 nitrogen and oxygen atoms in total. The molecule has 0 saturated carbocycles. The predicted molar refractivity (Wildman–Crippen MR) is 79.7 cm³/mol. The van der Waals surface area contributed by atoms with E-state index in [1.54, 1.807) is 0 Å². The lowest BCUT2D eigenvalue weighted by Gasteiger charge is -2.38. The Bertz CT molecular complexity index is 391. The molecule has 0 aromatic carbocycles. The van der Waals surface area contributed by atoms with Gasteiger partial charge in [0.05, 0.1) is 0 Å². The van der Waals surface area contributed by atoms with Gasteiger partial charge in [-0.25, -0.2) is 0 Å². The van der Waals surface area contributed by atoms with Gasteiger partial charge in [-0.1, -0.05) is 11.6 Å². The Labute approximate surface area is 122 Å². The van der Waals surface area contributed by atoms with Gasteiger partial charge in [0.2, 0.25) is 5.89 Å². The molecule has 1 aliphatic heterocycles. The van der Waals surface area contributed by atoms with Crippen LogP contribution in [0.5, 0.6) is 0 Å². The van der Waals surface area contributed by atoms with Crippen LogP contribution < -0.4 is 5.32 Å². The summed E-state index contributed by atoms with van der Waals surface area (Å²) in [4.78, 5) is 7.12. The second kappa shape index (κ2) is 7.74. The van der Waals surface area contributed by atoms with Gasteiger partial charge in [0.25, 0.3) is 0 Å². The first-order valence-corrected chi connectivity index (χ1v) is 7.92. The fourth-order valence-corrected chi connectivity index (χ4v) is 3.02. The van der Waals surface area contributed by atoms with Gasteiger partial charge in [-0.2, -0.15) is 4.98 Å². The molecular weight excluding hydrogens is 252 g/mol. The van der Waals surface area contributed by atoms with Crippen molar-refractivity contribution in [3.63, 3.8) is 0 Å². The van der Waals surface area contributed by atoms with Crippen LogP contribution in [-0.2, 0) is 12.8 Å². The fraction of sp³-hybridized carbons (Fsp3) is 0.867. The highest BCUT2D eigenvalue weighted by molar-refractivity contribution is 4.92. The maximum absolute atomic E-state index is 5.42. The van der Waals surface area contributed by atoms with E-state index in [0.29, 0.717) is 12.1 Å². The molecule has 0 aliphatic carbocycles. The van der Waals surface area contributed by atoms with Gasteiger partial charge in [0.15, 0.2) is 5.82 Å². The van der Waals surface area contributed by atoms with Crippen LogP contribution >= 0.6 is 0 Å². The molecule has 0 radical (unpaired) electrons. The highest BCUT2D eigenvalue weighted by Crippen LogP contribution is 2.22. The first-order valence-electron chi connectivity index (χ1n) is 7.92. The normalized spacial score (nSPS) is 20.7. The summed E-state index contributed by atoms with van der Waals surface area (Å²) in [6.07, 6.45) is 6.72. The largest absolute Gasteiger partial charge is 0.339 e. The summed E-state index contributed by atoms with van der Waals surface area (Å²) >= 11 is 0. The molecule has 0 spiro atoms. The van der Waals surface area contributed by atoms with Crippen molar-refractivity contribution in [2.45, 2.75) is 64.5 Å². The van der Waals surface area contributed by atoms with Crippen LogP contribution in [-0.4, -0.2) is 47.3 Å². The van der Waals surface area contributed by atoms with E-state index >= 15 is 0 Å². The van der Waals surface area contributed by atoms with E-state index in [0.717, 1.165) is 37.5 Å². The monoisotopic (exact) mass is 280 g/mol. The highest BCUT2D eigenvalue weighted by atomic mass is 16.5. The molecule has 114 valence electrons. The Morgan fingerprint density at radius 1 is 1.40 bits per heavy atom. The lowest BCUT2D eigenvalue weighted by atomic mass is 9.98. The zero-order valence-electron chi connectivity index (χ0n) is 13.1. The van der Waals surface area contributed by atoms with Crippen molar-refractivity contribution in [2.75, 3.05) is 20.1 Å². The fourth-order valence-electron chi connectivity index (χ4n) is 3.02. The molecule has 1 fully saturated rings. The first-order chi connectivity index (χ1) is 9.70. The molecule has 0 amide bonds. The second-order valence-corrected chi connectivity index (χ2v) is 6.00. The van der Waals surface area contributed by atoms with Crippen molar-refractivity contribution in [1.29, 1.82) is 0 Å². The van der Waals surface area contributed by atoms with Crippen LogP contribution in [0.25, 0.3) is 0 Å². The SMILES string of the molecule is CNCCCc1noc(CC2CCCCN2C(C)C)n1. The molecule has 1 aliphatic rings. The van der Waals surface area contributed by atoms with Crippen molar-refractivity contribution in [3.05, 3.63) is 11.7 Å². The molecule has 1 N–H and O–H groups in total. The Hall–Kier alpha value is -0.940. The third-order valence-electron chi connectivity index (χ3n) is 4.08.